The summed E-state index contributed by atoms with van der Waals surface area (Å²) in [7, 11) is 1.59. The molecule has 1 atom stereocenters. The number of rotatable bonds is 8. The number of carbonyl (C=O) groups excluding carboxylic acids is 2. The molecule has 8 heteroatoms. The molecule has 0 aliphatic carbocycles. The third-order valence-corrected chi connectivity index (χ3v) is 5.16. The van der Waals surface area contributed by atoms with Crippen molar-refractivity contribution in [2.75, 3.05) is 32.1 Å². The first-order valence-electron chi connectivity index (χ1n) is 7.99. The number of methoxy groups -OCH3 is 1. The fourth-order valence-electron chi connectivity index (χ4n) is 2.66. The number of aromatic nitrogens is 2. The van der Waals surface area contributed by atoms with Crippen molar-refractivity contribution in [3.05, 3.63) is 5.01 Å². The Morgan fingerprint density at radius 3 is 2.83 bits per heavy atom. The molecule has 2 heterocycles. The van der Waals surface area contributed by atoms with Gasteiger partial charge in [0.25, 0.3) is 0 Å². The van der Waals surface area contributed by atoms with E-state index in [1.165, 1.54) is 11.3 Å². The molecule has 0 aromatic carbocycles. The lowest BCUT2D eigenvalue weighted by Gasteiger charge is -2.15. The maximum absolute atomic E-state index is 12.3. The van der Waals surface area contributed by atoms with Crippen molar-refractivity contribution in [1.82, 2.24) is 15.1 Å². The van der Waals surface area contributed by atoms with Gasteiger partial charge in [-0.05, 0) is 12.8 Å². The molecule has 0 bridgehead atoms. The molecule has 2 rings (SSSR count). The van der Waals surface area contributed by atoms with Crippen LogP contribution in [0.25, 0.3) is 0 Å². The van der Waals surface area contributed by atoms with E-state index in [1.807, 2.05) is 0 Å². The van der Waals surface area contributed by atoms with E-state index in [-0.39, 0.29) is 24.2 Å². The Kier molecular flexibility index (Phi) is 6.47. The molecule has 0 radical (unpaired) electrons. The number of hydrogen-bond donors (Lipinski definition) is 1. The Morgan fingerprint density at radius 2 is 2.17 bits per heavy atom. The van der Waals surface area contributed by atoms with Crippen LogP contribution in [0.15, 0.2) is 0 Å². The number of amides is 2. The number of ether oxygens (including phenoxy) is 1. The van der Waals surface area contributed by atoms with Gasteiger partial charge in [-0.3, -0.25) is 9.59 Å². The van der Waals surface area contributed by atoms with E-state index in [4.69, 9.17) is 4.74 Å². The molecule has 1 aromatic heterocycles. The normalized spacial score (nSPS) is 18.0. The first kappa shape index (κ1) is 17.8. The molecule has 1 aliphatic heterocycles. The van der Waals surface area contributed by atoms with Crippen LogP contribution in [0.5, 0.6) is 0 Å². The minimum absolute atomic E-state index is 0.00261. The molecule has 0 saturated carbocycles. The summed E-state index contributed by atoms with van der Waals surface area (Å²) in [5, 5.41) is 12.5. The van der Waals surface area contributed by atoms with Gasteiger partial charge in [0.2, 0.25) is 16.9 Å². The molecule has 2 amide bonds. The fraction of sp³-hybridized carbons (Fsp3) is 0.733. The van der Waals surface area contributed by atoms with Crippen LogP contribution < -0.4 is 5.32 Å². The molecule has 0 spiro atoms. The summed E-state index contributed by atoms with van der Waals surface area (Å²) in [6, 6.07) is 0. The van der Waals surface area contributed by atoms with E-state index < -0.39 is 0 Å². The lowest BCUT2D eigenvalue weighted by Crippen LogP contribution is -2.30. The van der Waals surface area contributed by atoms with Crippen molar-refractivity contribution in [1.29, 1.82) is 0 Å². The highest BCUT2D eigenvalue weighted by Crippen LogP contribution is 2.28. The molecule has 1 unspecified atom stereocenters. The number of hydrogen-bond acceptors (Lipinski definition) is 6. The van der Waals surface area contributed by atoms with Crippen LogP contribution in [0.1, 0.15) is 44.0 Å². The van der Waals surface area contributed by atoms with Crippen LogP contribution in [-0.4, -0.2) is 53.7 Å². The number of likely N-dealkylation sites (tertiary alicyclic amines) is 1. The minimum Gasteiger partial charge on any atom is -0.383 e. The summed E-state index contributed by atoms with van der Waals surface area (Å²) in [5.74, 6) is -0.113. The molecular formula is C15H24N4O3S. The SMILES string of the molecule is CCC(CC)c1nnc(NC(=O)C2CC(=O)N(CCOC)C2)s1. The van der Waals surface area contributed by atoms with Gasteiger partial charge in [0.05, 0.1) is 12.5 Å². The highest BCUT2D eigenvalue weighted by Gasteiger charge is 2.34. The highest BCUT2D eigenvalue weighted by atomic mass is 32.1. The van der Waals surface area contributed by atoms with Crippen LogP contribution in [0.3, 0.4) is 0 Å². The average molecular weight is 340 g/mol. The zero-order chi connectivity index (χ0) is 16.8. The second-order valence-corrected chi connectivity index (χ2v) is 6.69. The predicted molar refractivity (Wildman–Crippen MR) is 88.4 cm³/mol. The van der Waals surface area contributed by atoms with Crippen LogP contribution >= 0.6 is 11.3 Å². The second-order valence-electron chi connectivity index (χ2n) is 5.68. The number of anilines is 1. The second kappa shape index (κ2) is 8.35. The molecular weight excluding hydrogens is 316 g/mol. The third kappa shape index (κ3) is 4.48. The van der Waals surface area contributed by atoms with Crippen LogP contribution in [-0.2, 0) is 14.3 Å². The zero-order valence-electron chi connectivity index (χ0n) is 13.9. The quantitative estimate of drug-likeness (QED) is 0.781. The van der Waals surface area contributed by atoms with Crippen molar-refractivity contribution in [3.8, 4) is 0 Å². The van der Waals surface area contributed by atoms with Crippen molar-refractivity contribution in [2.45, 2.75) is 39.0 Å². The van der Waals surface area contributed by atoms with Crippen molar-refractivity contribution >= 4 is 28.3 Å². The van der Waals surface area contributed by atoms with Crippen molar-refractivity contribution in [2.24, 2.45) is 5.92 Å². The molecule has 1 fully saturated rings. The fourth-order valence-corrected chi connectivity index (χ4v) is 3.67. The van der Waals surface area contributed by atoms with E-state index in [9.17, 15) is 9.59 Å². The van der Waals surface area contributed by atoms with Gasteiger partial charge in [0.15, 0.2) is 0 Å². The van der Waals surface area contributed by atoms with E-state index in [1.54, 1.807) is 12.0 Å². The standard InChI is InChI=1S/C15H24N4O3S/c1-4-10(5-2)14-17-18-15(23-14)16-13(21)11-8-12(20)19(9-11)6-7-22-3/h10-11H,4-9H2,1-3H3,(H,16,18,21). The van der Waals surface area contributed by atoms with Crippen LogP contribution in [0.4, 0.5) is 5.13 Å². The summed E-state index contributed by atoms with van der Waals surface area (Å²) in [6.07, 6.45) is 2.25. The first-order chi connectivity index (χ1) is 11.1. The molecule has 7 nitrogen and oxygen atoms in total. The van der Waals surface area contributed by atoms with Crippen LogP contribution in [0.2, 0.25) is 0 Å². The Labute approximate surface area is 140 Å². The summed E-state index contributed by atoms with van der Waals surface area (Å²) in [6.45, 7) is 5.68. The third-order valence-electron chi connectivity index (χ3n) is 4.16. The highest BCUT2D eigenvalue weighted by molar-refractivity contribution is 7.15. The summed E-state index contributed by atoms with van der Waals surface area (Å²) in [5.41, 5.74) is 0. The van der Waals surface area contributed by atoms with Gasteiger partial charge < -0.3 is 15.0 Å². The Morgan fingerprint density at radius 1 is 1.43 bits per heavy atom. The smallest absolute Gasteiger partial charge is 0.231 e. The number of nitrogens with zero attached hydrogens (tertiary/aromatic N) is 3. The molecule has 1 N–H and O–H groups in total. The molecule has 1 aromatic rings. The van der Waals surface area contributed by atoms with Gasteiger partial charge in [0, 0.05) is 32.5 Å². The van der Waals surface area contributed by atoms with Gasteiger partial charge in [-0.1, -0.05) is 25.2 Å². The predicted octanol–water partition coefficient (Wildman–Crippen LogP) is 1.88. The maximum Gasteiger partial charge on any atom is 0.231 e. The first-order valence-corrected chi connectivity index (χ1v) is 8.81. The van der Waals surface area contributed by atoms with E-state index in [2.05, 4.69) is 29.4 Å². The number of nitrogens with one attached hydrogen (secondary N) is 1. The maximum atomic E-state index is 12.3. The van der Waals surface area contributed by atoms with Crippen molar-refractivity contribution < 1.29 is 14.3 Å². The van der Waals surface area contributed by atoms with Gasteiger partial charge in [0.1, 0.15) is 5.01 Å². The molecule has 23 heavy (non-hydrogen) atoms. The topological polar surface area (TPSA) is 84.4 Å². The van der Waals surface area contributed by atoms with E-state index >= 15 is 0 Å². The summed E-state index contributed by atoms with van der Waals surface area (Å²) >= 11 is 1.42. The lowest BCUT2D eigenvalue weighted by atomic mass is 10.1. The molecule has 128 valence electrons. The van der Waals surface area contributed by atoms with E-state index in [0.717, 1.165) is 17.8 Å². The Hall–Kier alpha value is -1.54. The molecule has 1 aliphatic rings. The van der Waals surface area contributed by atoms with Gasteiger partial charge in [-0.2, -0.15) is 0 Å². The Bertz CT molecular complexity index is 545. The van der Waals surface area contributed by atoms with Gasteiger partial charge >= 0.3 is 0 Å². The number of carbonyl (C=O) groups is 2. The lowest BCUT2D eigenvalue weighted by molar-refractivity contribution is -0.128. The van der Waals surface area contributed by atoms with Crippen molar-refractivity contribution in [3.63, 3.8) is 0 Å². The van der Waals surface area contributed by atoms with Gasteiger partial charge in [-0.25, -0.2) is 0 Å². The summed E-state index contributed by atoms with van der Waals surface area (Å²) in [4.78, 5) is 25.9. The summed E-state index contributed by atoms with van der Waals surface area (Å²) < 4.78 is 4.98. The largest absolute Gasteiger partial charge is 0.383 e. The van der Waals surface area contributed by atoms with Crippen LogP contribution in [0, 0.1) is 5.92 Å². The minimum atomic E-state index is -0.333. The monoisotopic (exact) mass is 340 g/mol. The van der Waals surface area contributed by atoms with E-state index in [0.29, 0.717) is 30.7 Å². The Balaban J connectivity index is 1.91. The molecule has 1 saturated heterocycles. The van der Waals surface area contributed by atoms with Gasteiger partial charge in [-0.15, -0.1) is 10.2 Å². The zero-order valence-corrected chi connectivity index (χ0v) is 14.7. The average Bonchev–Trinajstić information content (AvgIpc) is 3.14.